The summed E-state index contributed by atoms with van der Waals surface area (Å²) in [7, 11) is 0. The van der Waals surface area contributed by atoms with Gasteiger partial charge in [0, 0.05) is 65.9 Å². The largest absolute Gasteiger partial charge is 0.456 e. The number of benzene rings is 18. The van der Waals surface area contributed by atoms with Crippen LogP contribution < -0.4 is 4.90 Å². The molecule has 548 valence electrons. The first kappa shape index (κ1) is 64.5. The lowest BCUT2D eigenvalue weighted by atomic mass is 9.67. The van der Waals surface area contributed by atoms with Crippen molar-refractivity contribution in [1.82, 2.24) is 0 Å². The molecular formula is C114H69NO3. The molecule has 0 fully saturated rings. The second kappa shape index (κ2) is 23.0. The number of hydrogen-bond donors (Lipinski definition) is 0. The Kier molecular flexibility index (Phi) is 12.6. The van der Waals surface area contributed by atoms with E-state index in [-0.39, 0.29) is 0 Å². The van der Waals surface area contributed by atoms with E-state index < -0.39 is 21.7 Å². The van der Waals surface area contributed by atoms with Crippen LogP contribution in [0.3, 0.4) is 0 Å². The number of furan rings is 3. The van der Waals surface area contributed by atoms with Gasteiger partial charge in [0.2, 0.25) is 0 Å². The third-order valence-corrected chi connectivity index (χ3v) is 28.1. The zero-order valence-electron chi connectivity index (χ0n) is 64.5. The maximum atomic E-state index is 7.23. The Hall–Kier alpha value is -14.8. The third kappa shape index (κ3) is 7.91. The summed E-state index contributed by atoms with van der Waals surface area (Å²) in [6.45, 7) is 4.88. The quantitative estimate of drug-likeness (QED) is 0.159. The van der Waals surface area contributed by atoms with Gasteiger partial charge in [-0.3, -0.25) is 0 Å². The fraction of sp³-hybridized carbons (Fsp3) is 0.0526. The Labute approximate surface area is 681 Å². The summed E-state index contributed by atoms with van der Waals surface area (Å²) in [4.78, 5) is 2.61. The van der Waals surface area contributed by atoms with Gasteiger partial charge in [-0.25, -0.2) is 0 Å². The van der Waals surface area contributed by atoms with E-state index in [0.717, 1.165) is 105 Å². The monoisotopic (exact) mass is 1500 g/mol. The predicted octanol–water partition coefficient (Wildman–Crippen LogP) is 29.5. The molecule has 0 atom stereocenters. The van der Waals surface area contributed by atoms with Gasteiger partial charge in [-0.1, -0.05) is 311 Å². The lowest BCUT2D eigenvalue weighted by molar-refractivity contribution is 0.657. The van der Waals surface area contributed by atoms with Crippen LogP contribution in [0.2, 0.25) is 0 Å². The Balaban J connectivity index is 0.758. The van der Waals surface area contributed by atoms with E-state index in [1.807, 2.05) is 0 Å². The van der Waals surface area contributed by atoms with Gasteiger partial charge in [0.15, 0.2) is 0 Å². The molecule has 118 heavy (non-hydrogen) atoms. The standard InChI is InChI=1S/C114H69NO3/c1-111(2)92-59-70(52-55-78(92)103-97(111)62-83(66-29-7-3-8-30-66)109-107(103)81-42-20-27-49-100(81)117-109)115(72-53-56-79-94(61-72)112(68-33-11-5-12-34-68,69-35-13-6-14-36-69)98-63-84(67-31-9-4-10-32-67)110-108(104(79)98)82-43-21-28-50-101(82)118-110)71-51-54-77-85-64-96-86(65-95(85)114(93(77)60-71)89-46-24-17-39-75(89)76-40-18-25-47-90(76)114)105-91(57-58-102-106(105)80-41-19-26-48-99(80)116-102)113(96)87-44-22-15-37-73(87)74-38-16-23-45-88(74)113/h3-65H,1-2H3. The molecule has 0 N–H and O–H groups in total. The highest BCUT2D eigenvalue weighted by Gasteiger charge is 2.58. The number of fused-ring (bicyclic) bond motifs is 38. The van der Waals surface area contributed by atoms with Crippen molar-refractivity contribution in [2.24, 2.45) is 0 Å². The van der Waals surface area contributed by atoms with Crippen LogP contribution in [0.5, 0.6) is 0 Å². The third-order valence-electron chi connectivity index (χ3n) is 28.1. The highest BCUT2D eigenvalue weighted by molar-refractivity contribution is 6.22. The minimum atomic E-state index is -0.840. The van der Waals surface area contributed by atoms with Gasteiger partial charge in [-0.15, -0.1) is 0 Å². The molecule has 27 rings (SSSR count). The number of para-hydroxylation sites is 3. The fourth-order valence-electron chi connectivity index (χ4n) is 23.5. The molecule has 0 radical (unpaired) electrons. The molecule has 6 aliphatic rings. The van der Waals surface area contributed by atoms with Crippen molar-refractivity contribution in [2.75, 3.05) is 4.90 Å². The Morgan fingerprint density at radius 2 is 0.551 bits per heavy atom. The van der Waals surface area contributed by atoms with E-state index in [9.17, 15) is 0 Å². The van der Waals surface area contributed by atoms with Gasteiger partial charge in [0.1, 0.15) is 33.5 Å². The van der Waals surface area contributed by atoms with Crippen molar-refractivity contribution >= 4 is 82.9 Å². The second-order valence-corrected chi connectivity index (χ2v) is 33.7. The van der Waals surface area contributed by atoms with Crippen molar-refractivity contribution in [1.29, 1.82) is 0 Å². The van der Waals surface area contributed by atoms with E-state index in [4.69, 9.17) is 13.3 Å². The van der Waals surface area contributed by atoms with Crippen molar-refractivity contribution < 1.29 is 13.3 Å². The highest BCUT2D eigenvalue weighted by Crippen LogP contribution is 2.71. The average molecular weight is 1500 g/mol. The molecular weight excluding hydrogens is 1430 g/mol. The Morgan fingerprint density at radius 1 is 0.203 bits per heavy atom. The highest BCUT2D eigenvalue weighted by atomic mass is 16.3. The molecule has 3 heterocycles. The summed E-state index contributed by atoms with van der Waals surface area (Å²) in [6.07, 6.45) is 0. The second-order valence-electron chi connectivity index (χ2n) is 33.7. The minimum Gasteiger partial charge on any atom is -0.456 e. The first-order chi connectivity index (χ1) is 58.3. The van der Waals surface area contributed by atoms with Gasteiger partial charge in [-0.2, -0.15) is 0 Å². The average Bonchev–Trinajstić information content (AvgIpc) is 1.48. The molecule has 4 heteroatoms. The molecule has 4 nitrogen and oxygen atoms in total. The number of nitrogens with zero attached hydrogens (tertiary/aromatic N) is 1. The van der Waals surface area contributed by atoms with E-state index in [1.165, 1.54) is 145 Å². The van der Waals surface area contributed by atoms with Gasteiger partial charge in [0.25, 0.3) is 0 Å². The molecule has 0 unspecified atom stereocenters. The smallest absolute Gasteiger partial charge is 0.143 e. The first-order valence-corrected chi connectivity index (χ1v) is 41.3. The van der Waals surface area contributed by atoms with Crippen molar-refractivity contribution in [2.45, 2.75) is 35.5 Å². The summed E-state index contributed by atoms with van der Waals surface area (Å²) >= 11 is 0. The zero-order valence-corrected chi connectivity index (χ0v) is 64.5. The number of rotatable bonds is 7. The lowest BCUT2D eigenvalue weighted by Gasteiger charge is -2.35. The van der Waals surface area contributed by atoms with Crippen LogP contribution in [0.1, 0.15) is 91.7 Å². The summed E-state index contributed by atoms with van der Waals surface area (Å²) < 4.78 is 21.3. The molecule has 3 aromatic heterocycles. The zero-order chi connectivity index (χ0) is 77.2. The summed E-state index contributed by atoms with van der Waals surface area (Å²) in [5, 5.41) is 6.75. The van der Waals surface area contributed by atoms with Gasteiger partial charge < -0.3 is 18.2 Å². The van der Waals surface area contributed by atoms with Gasteiger partial charge in [0.05, 0.1) is 16.2 Å². The fourth-order valence-corrected chi connectivity index (χ4v) is 23.5. The van der Waals surface area contributed by atoms with E-state index in [0.29, 0.717) is 0 Å². The normalized spacial score (nSPS) is 14.8. The van der Waals surface area contributed by atoms with Crippen LogP contribution >= 0.6 is 0 Å². The predicted molar refractivity (Wildman–Crippen MR) is 481 cm³/mol. The number of hydrogen-bond acceptors (Lipinski definition) is 4. The van der Waals surface area contributed by atoms with Crippen LogP contribution in [0.4, 0.5) is 17.1 Å². The maximum absolute atomic E-state index is 7.23. The van der Waals surface area contributed by atoms with Crippen LogP contribution in [0, 0.1) is 0 Å². The summed E-state index contributed by atoms with van der Waals surface area (Å²) in [6, 6.07) is 145. The maximum Gasteiger partial charge on any atom is 0.143 e. The molecule has 0 saturated heterocycles. The topological polar surface area (TPSA) is 42.7 Å². The molecule has 6 aliphatic carbocycles. The van der Waals surface area contributed by atoms with Gasteiger partial charge in [-0.05, 0) is 241 Å². The summed E-state index contributed by atoms with van der Waals surface area (Å²) in [5.74, 6) is 0. The van der Waals surface area contributed by atoms with Crippen molar-refractivity contribution in [3.8, 4) is 89.0 Å². The first-order valence-electron chi connectivity index (χ1n) is 41.3. The summed E-state index contributed by atoms with van der Waals surface area (Å²) in [5.41, 5.74) is 42.4. The lowest BCUT2D eigenvalue weighted by Crippen LogP contribution is -2.29. The van der Waals surface area contributed by atoms with Crippen LogP contribution in [0.15, 0.2) is 395 Å². The minimum absolute atomic E-state index is 0.473. The molecule has 0 aliphatic heterocycles. The molecule has 0 amide bonds. The number of anilines is 3. The van der Waals surface area contributed by atoms with Crippen molar-refractivity contribution in [3.05, 3.63) is 460 Å². The van der Waals surface area contributed by atoms with Crippen LogP contribution in [-0.2, 0) is 21.7 Å². The van der Waals surface area contributed by atoms with Crippen LogP contribution in [0.25, 0.3) is 155 Å². The van der Waals surface area contributed by atoms with E-state index >= 15 is 0 Å². The molecule has 21 aromatic rings. The van der Waals surface area contributed by atoms with Crippen LogP contribution in [-0.4, -0.2) is 0 Å². The van der Waals surface area contributed by atoms with Gasteiger partial charge >= 0.3 is 0 Å². The Bertz CT molecular complexity index is 7900. The SMILES string of the molecule is CC1(C)c2cc(N(c3ccc4c(c3)C(c3ccccc3)(c3ccccc3)c3cc(-c5ccccc5)c5oc6ccccc6c5c3-4)c3ccc4c(c3)C3(c5ccccc5-c5ccccc53)c3cc5c(cc3-4)C3(c4ccccc4-c4ccccc43)c3ccc4oc6ccccc6c4c3-5)ccc2-c2c1cc(-c1ccccc1)c1oc3ccccc3c21. The molecule has 0 bridgehead atoms. The van der Waals surface area contributed by atoms with E-state index in [1.54, 1.807) is 0 Å². The van der Waals surface area contributed by atoms with E-state index in [2.05, 4.69) is 401 Å². The van der Waals surface area contributed by atoms with Crippen molar-refractivity contribution in [3.63, 3.8) is 0 Å². The Morgan fingerprint density at radius 3 is 1.07 bits per heavy atom. The molecule has 2 spiro atoms. The molecule has 0 saturated carbocycles. The molecule has 18 aromatic carbocycles.